The first-order chi connectivity index (χ1) is 9.01. The molecule has 1 aromatic heterocycles. The zero-order valence-corrected chi connectivity index (χ0v) is 11.9. The van der Waals surface area contributed by atoms with Gasteiger partial charge in [0, 0.05) is 27.3 Å². The predicted molar refractivity (Wildman–Crippen MR) is 71.7 cm³/mol. The third-order valence-electron chi connectivity index (χ3n) is 2.54. The average molecular weight is 270 g/mol. The molecule has 0 radical (unpaired) electrons. The number of carbonyl (C=O) groups excluding carboxylic acids is 1. The Kier molecular flexibility index (Phi) is 5.78. The van der Waals surface area contributed by atoms with Gasteiger partial charge in [0.1, 0.15) is 11.4 Å². The van der Waals surface area contributed by atoms with Crippen molar-refractivity contribution in [1.29, 1.82) is 0 Å². The number of rotatable bonds is 7. The van der Waals surface area contributed by atoms with Crippen LogP contribution >= 0.6 is 0 Å². The van der Waals surface area contributed by atoms with Gasteiger partial charge in [-0.1, -0.05) is 0 Å². The lowest BCUT2D eigenvalue weighted by Gasteiger charge is -2.17. The van der Waals surface area contributed by atoms with Crippen molar-refractivity contribution in [3.05, 3.63) is 11.8 Å². The fourth-order valence-corrected chi connectivity index (χ4v) is 1.61. The zero-order chi connectivity index (χ0) is 14.4. The van der Waals surface area contributed by atoms with E-state index in [0.717, 1.165) is 0 Å². The molecule has 0 aliphatic carbocycles. The summed E-state index contributed by atoms with van der Waals surface area (Å²) in [5.74, 6) is 0.149. The summed E-state index contributed by atoms with van der Waals surface area (Å²) >= 11 is 0. The van der Waals surface area contributed by atoms with Gasteiger partial charge >= 0.3 is 0 Å². The third-order valence-corrected chi connectivity index (χ3v) is 2.54. The average Bonchev–Trinajstić information content (AvgIpc) is 2.71. The van der Waals surface area contributed by atoms with Crippen molar-refractivity contribution in [3.63, 3.8) is 0 Å². The highest BCUT2D eigenvalue weighted by Gasteiger charge is 2.19. The molecule has 0 fully saturated rings. The molecule has 2 N–H and O–H groups in total. The van der Waals surface area contributed by atoms with E-state index >= 15 is 0 Å². The van der Waals surface area contributed by atoms with Crippen LogP contribution in [0.15, 0.2) is 6.20 Å². The van der Waals surface area contributed by atoms with Crippen molar-refractivity contribution < 1.29 is 14.3 Å². The van der Waals surface area contributed by atoms with Gasteiger partial charge in [0.25, 0.3) is 5.91 Å². The lowest BCUT2D eigenvalue weighted by Crippen LogP contribution is -2.26. The Hall–Kier alpha value is -1.60. The summed E-state index contributed by atoms with van der Waals surface area (Å²) in [6.07, 6.45) is 1.05. The Morgan fingerprint density at radius 1 is 1.42 bits per heavy atom. The molecule has 19 heavy (non-hydrogen) atoms. The van der Waals surface area contributed by atoms with Crippen LogP contribution in [0.3, 0.4) is 0 Å². The maximum Gasteiger partial charge on any atom is 0.258 e. The van der Waals surface area contributed by atoms with Crippen LogP contribution in [0.4, 0.5) is 5.82 Å². The molecule has 0 spiro atoms. The predicted octanol–water partition coefficient (Wildman–Crippen LogP) is 0.566. The van der Waals surface area contributed by atoms with Crippen LogP contribution in [0, 0.1) is 0 Å². The van der Waals surface area contributed by atoms with E-state index in [2.05, 4.69) is 5.10 Å². The zero-order valence-electron chi connectivity index (χ0n) is 11.9. The summed E-state index contributed by atoms with van der Waals surface area (Å²) in [5, 5.41) is 4.11. The van der Waals surface area contributed by atoms with Gasteiger partial charge < -0.3 is 20.1 Å². The second-order valence-electron chi connectivity index (χ2n) is 4.17. The van der Waals surface area contributed by atoms with Gasteiger partial charge in [-0.2, -0.15) is 5.10 Å². The first-order valence-electron chi connectivity index (χ1n) is 6.27. The second-order valence-corrected chi connectivity index (χ2v) is 4.17. The lowest BCUT2D eigenvalue weighted by molar-refractivity contribution is -0.144. The SMILES string of the molecule is CCOC(Cn1ncc(C(=O)N(C)C)c1N)OCC. The van der Waals surface area contributed by atoms with Crippen LogP contribution in [0.2, 0.25) is 0 Å². The van der Waals surface area contributed by atoms with E-state index in [9.17, 15) is 4.79 Å². The molecule has 7 heteroatoms. The van der Waals surface area contributed by atoms with Crippen molar-refractivity contribution in [2.45, 2.75) is 26.7 Å². The Morgan fingerprint density at radius 2 is 2.00 bits per heavy atom. The number of nitrogen functional groups attached to an aromatic ring is 1. The van der Waals surface area contributed by atoms with E-state index in [1.54, 1.807) is 14.1 Å². The van der Waals surface area contributed by atoms with Gasteiger partial charge in [-0.3, -0.25) is 4.79 Å². The molecular weight excluding hydrogens is 248 g/mol. The van der Waals surface area contributed by atoms with Crippen LogP contribution in [0.25, 0.3) is 0 Å². The topological polar surface area (TPSA) is 82.6 Å². The molecule has 7 nitrogen and oxygen atoms in total. The number of ether oxygens (including phenoxy) is 2. The molecular formula is C12H22N4O3. The van der Waals surface area contributed by atoms with Crippen molar-refractivity contribution in [2.75, 3.05) is 33.0 Å². The Bertz CT molecular complexity index is 411. The maximum atomic E-state index is 11.8. The second kappa shape index (κ2) is 7.10. The molecule has 0 unspecified atom stereocenters. The minimum Gasteiger partial charge on any atom is -0.383 e. The minimum absolute atomic E-state index is 0.173. The monoisotopic (exact) mass is 270 g/mol. The van der Waals surface area contributed by atoms with E-state index in [1.165, 1.54) is 15.8 Å². The number of hydrogen-bond acceptors (Lipinski definition) is 5. The molecule has 0 aliphatic rings. The molecule has 0 aliphatic heterocycles. The van der Waals surface area contributed by atoms with Gasteiger partial charge in [0.05, 0.1) is 12.7 Å². The molecule has 0 aromatic carbocycles. The smallest absolute Gasteiger partial charge is 0.258 e. The summed E-state index contributed by atoms with van der Waals surface area (Å²) in [6.45, 7) is 5.21. The first-order valence-corrected chi connectivity index (χ1v) is 6.27. The lowest BCUT2D eigenvalue weighted by atomic mass is 10.3. The van der Waals surface area contributed by atoms with Crippen LogP contribution in [0.1, 0.15) is 24.2 Å². The molecule has 108 valence electrons. The number of nitrogens with two attached hydrogens (primary N) is 1. The number of aromatic nitrogens is 2. The first kappa shape index (κ1) is 15.5. The molecule has 0 saturated heterocycles. The van der Waals surface area contributed by atoms with Gasteiger partial charge in [0.15, 0.2) is 6.29 Å². The van der Waals surface area contributed by atoms with Crippen LogP contribution in [0.5, 0.6) is 0 Å². The Labute approximate surface area is 113 Å². The third kappa shape index (κ3) is 3.93. The van der Waals surface area contributed by atoms with E-state index in [1.807, 2.05) is 13.8 Å². The van der Waals surface area contributed by atoms with Gasteiger partial charge in [-0.15, -0.1) is 0 Å². The highest BCUT2D eigenvalue weighted by Crippen LogP contribution is 2.14. The van der Waals surface area contributed by atoms with E-state index in [-0.39, 0.29) is 5.91 Å². The standard InChI is InChI=1S/C12H22N4O3/c1-5-18-10(19-6-2)8-16-11(13)9(7-14-16)12(17)15(3)4/h7,10H,5-6,8,13H2,1-4H3. The highest BCUT2D eigenvalue weighted by atomic mass is 16.7. The summed E-state index contributed by atoms with van der Waals surface area (Å²) in [6, 6.07) is 0. The molecule has 1 aromatic rings. The number of amides is 1. The summed E-state index contributed by atoms with van der Waals surface area (Å²) in [4.78, 5) is 13.3. The van der Waals surface area contributed by atoms with Crippen molar-refractivity contribution in [3.8, 4) is 0 Å². The van der Waals surface area contributed by atoms with Gasteiger partial charge in [0.2, 0.25) is 0 Å². The Morgan fingerprint density at radius 3 is 2.47 bits per heavy atom. The van der Waals surface area contributed by atoms with E-state index in [4.69, 9.17) is 15.2 Å². The minimum atomic E-state index is -0.417. The van der Waals surface area contributed by atoms with Crippen molar-refractivity contribution >= 4 is 11.7 Å². The fourth-order valence-electron chi connectivity index (χ4n) is 1.61. The fraction of sp³-hybridized carbons (Fsp3) is 0.667. The van der Waals surface area contributed by atoms with Crippen LogP contribution in [-0.4, -0.2) is 54.2 Å². The summed E-state index contributed by atoms with van der Waals surface area (Å²) in [7, 11) is 3.34. The Balaban J connectivity index is 2.82. The quantitative estimate of drug-likeness (QED) is 0.732. The van der Waals surface area contributed by atoms with Gasteiger partial charge in [-0.05, 0) is 13.8 Å². The summed E-state index contributed by atoms with van der Waals surface area (Å²) < 4.78 is 12.4. The van der Waals surface area contributed by atoms with E-state index in [0.29, 0.717) is 31.1 Å². The molecule has 1 amide bonds. The number of hydrogen-bond donors (Lipinski definition) is 1. The molecule has 0 atom stereocenters. The van der Waals surface area contributed by atoms with Crippen LogP contribution < -0.4 is 5.73 Å². The molecule has 1 heterocycles. The van der Waals surface area contributed by atoms with Crippen molar-refractivity contribution in [2.24, 2.45) is 0 Å². The van der Waals surface area contributed by atoms with Gasteiger partial charge in [-0.25, -0.2) is 4.68 Å². The number of nitrogens with zero attached hydrogens (tertiary/aromatic N) is 3. The highest BCUT2D eigenvalue weighted by molar-refractivity contribution is 5.97. The van der Waals surface area contributed by atoms with Crippen LogP contribution in [-0.2, 0) is 16.0 Å². The largest absolute Gasteiger partial charge is 0.383 e. The van der Waals surface area contributed by atoms with Crippen molar-refractivity contribution in [1.82, 2.24) is 14.7 Å². The molecule has 1 rings (SSSR count). The number of carbonyl (C=O) groups is 1. The number of anilines is 1. The summed E-state index contributed by atoms with van der Waals surface area (Å²) in [5.41, 5.74) is 6.31. The maximum absolute atomic E-state index is 11.8. The van der Waals surface area contributed by atoms with E-state index < -0.39 is 6.29 Å². The molecule has 0 saturated carbocycles. The molecule has 0 bridgehead atoms. The normalized spacial score (nSPS) is 11.0.